The summed E-state index contributed by atoms with van der Waals surface area (Å²) in [7, 11) is 0. The van der Waals surface area contributed by atoms with Crippen molar-refractivity contribution in [3.63, 3.8) is 0 Å². The SMILES string of the molecule is CC(NC(=O)C(C)(N)c1ccccc1)c1ccccc1F. The molecule has 0 radical (unpaired) electrons. The van der Waals surface area contributed by atoms with Gasteiger partial charge in [-0.05, 0) is 25.5 Å². The Morgan fingerprint density at radius 2 is 1.71 bits per heavy atom. The Bertz CT molecular complexity index is 626. The number of amides is 1. The van der Waals surface area contributed by atoms with Crippen LogP contribution in [0.15, 0.2) is 54.6 Å². The molecule has 0 aromatic heterocycles. The third-order valence-electron chi connectivity index (χ3n) is 3.56. The second kappa shape index (κ2) is 6.06. The third-order valence-corrected chi connectivity index (χ3v) is 3.56. The summed E-state index contributed by atoms with van der Waals surface area (Å²) in [6.07, 6.45) is 0. The van der Waals surface area contributed by atoms with Gasteiger partial charge in [-0.2, -0.15) is 0 Å². The van der Waals surface area contributed by atoms with E-state index in [4.69, 9.17) is 5.73 Å². The summed E-state index contributed by atoms with van der Waals surface area (Å²) >= 11 is 0. The van der Waals surface area contributed by atoms with Crippen LogP contribution in [0.1, 0.15) is 31.0 Å². The van der Waals surface area contributed by atoms with Crippen LogP contribution in [-0.2, 0) is 10.3 Å². The molecule has 0 aliphatic carbocycles. The van der Waals surface area contributed by atoms with E-state index in [1.807, 2.05) is 18.2 Å². The maximum atomic E-state index is 13.7. The van der Waals surface area contributed by atoms with Crippen molar-refractivity contribution in [1.29, 1.82) is 0 Å². The lowest BCUT2D eigenvalue weighted by Gasteiger charge is -2.26. The number of halogens is 1. The normalized spacial score (nSPS) is 15.0. The highest BCUT2D eigenvalue weighted by molar-refractivity contribution is 5.87. The van der Waals surface area contributed by atoms with E-state index in [0.717, 1.165) is 0 Å². The molecule has 0 fully saturated rings. The molecule has 2 aromatic rings. The average Bonchev–Trinajstić information content (AvgIpc) is 2.48. The Morgan fingerprint density at radius 1 is 1.14 bits per heavy atom. The van der Waals surface area contributed by atoms with Gasteiger partial charge in [0, 0.05) is 5.56 Å². The van der Waals surface area contributed by atoms with Crippen molar-refractivity contribution in [2.24, 2.45) is 5.73 Å². The number of benzene rings is 2. The first-order valence-corrected chi connectivity index (χ1v) is 6.82. The second-order valence-corrected chi connectivity index (χ2v) is 5.29. The first-order chi connectivity index (χ1) is 9.93. The molecule has 0 heterocycles. The first-order valence-electron chi connectivity index (χ1n) is 6.82. The van der Waals surface area contributed by atoms with Gasteiger partial charge in [0.15, 0.2) is 0 Å². The fourth-order valence-electron chi connectivity index (χ4n) is 2.17. The van der Waals surface area contributed by atoms with E-state index in [0.29, 0.717) is 11.1 Å². The zero-order chi connectivity index (χ0) is 15.5. The van der Waals surface area contributed by atoms with Crippen LogP contribution in [0.4, 0.5) is 4.39 Å². The fraction of sp³-hybridized carbons (Fsp3) is 0.235. The van der Waals surface area contributed by atoms with Crippen molar-refractivity contribution < 1.29 is 9.18 Å². The number of carbonyl (C=O) groups is 1. The molecule has 0 saturated heterocycles. The average molecular weight is 286 g/mol. The minimum Gasteiger partial charge on any atom is -0.348 e. The lowest BCUT2D eigenvalue weighted by atomic mass is 9.91. The minimum absolute atomic E-state index is 0.343. The molecular weight excluding hydrogens is 267 g/mol. The van der Waals surface area contributed by atoms with E-state index >= 15 is 0 Å². The van der Waals surface area contributed by atoms with Crippen LogP contribution in [-0.4, -0.2) is 5.91 Å². The number of nitrogens with one attached hydrogen (secondary N) is 1. The van der Waals surface area contributed by atoms with Crippen LogP contribution in [0, 0.1) is 5.82 Å². The number of hydrogen-bond acceptors (Lipinski definition) is 2. The molecule has 21 heavy (non-hydrogen) atoms. The third kappa shape index (κ3) is 3.28. The highest BCUT2D eigenvalue weighted by atomic mass is 19.1. The van der Waals surface area contributed by atoms with Crippen LogP contribution in [0.5, 0.6) is 0 Å². The van der Waals surface area contributed by atoms with E-state index in [9.17, 15) is 9.18 Å². The summed E-state index contributed by atoms with van der Waals surface area (Å²) in [5, 5.41) is 2.77. The maximum absolute atomic E-state index is 13.7. The molecule has 1 amide bonds. The molecule has 0 aliphatic rings. The van der Waals surface area contributed by atoms with Crippen LogP contribution in [0.3, 0.4) is 0 Å². The molecule has 2 aromatic carbocycles. The van der Waals surface area contributed by atoms with Crippen LogP contribution < -0.4 is 11.1 Å². The molecule has 2 rings (SSSR count). The number of hydrogen-bond donors (Lipinski definition) is 2. The largest absolute Gasteiger partial charge is 0.348 e. The van der Waals surface area contributed by atoms with E-state index in [1.54, 1.807) is 44.2 Å². The molecule has 4 heteroatoms. The highest BCUT2D eigenvalue weighted by Crippen LogP contribution is 2.21. The molecule has 3 N–H and O–H groups in total. The highest BCUT2D eigenvalue weighted by Gasteiger charge is 2.31. The van der Waals surface area contributed by atoms with Crippen molar-refractivity contribution in [2.45, 2.75) is 25.4 Å². The van der Waals surface area contributed by atoms with Crippen molar-refractivity contribution in [2.75, 3.05) is 0 Å². The standard InChI is InChI=1S/C17H19FN2O/c1-12(14-10-6-7-11-15(14)18)20-16(21)17(2,19)13-8-4-3-5-9-13/h3-12H,19H2,1-2H3,(H,20,21). The molecule has 0 bridgehead atoms. The minimum atomic E-state index is -1.17. The summed E-state index contributed by atoms with van der Waals surface area (Å²) in [6.45, 7) is 3.38. The number of rotatable bonds is 4. The number of nitrogens with two attached hydrogens (primary N) is 1. The molecule has 2 unspecified atom stereocenters. The van der Waals surface area contributed by atoms with Crippen LogP contribution >= 0.6 is 0 Å². The molecule has 0 aliphatic heterocycles. The monoisotopic (exact) mass is 286 g/mol. The van der Waals surface area contributed by atoms with Crippen molar-refractivity contribution in [3.05, 3.63) is 71.5 Å². The van der Waals surface area contributed by atoms with Gasteiger partial charge in [0.1, 0.15) is 11.4 Å². The van der Waals surface area contributed by atoms with Gasteiger partial charge in [-0.1, -0.05) is 48.5 Å². The van der Waals surface area contributed by atoms with E-state index < -0.39 is 11.6 Å². The summed E-state index contributed by atoms with van der Waals surface area (Å²) < 4.78 is 13.7. The van der Waals surface area contributed by atoms with Gasteiger partial charge >= 0.3 is 0 Å². The quantitative estimate of drug-likeness (QED) is 0.908. The maximum Gasteiger partial charge on any atom is 0.244 e. The van der Waals surface area contributed by atoms with Crippen LogP contribution in [0.25, 0.3) is 0 Å². The molecule has 110 valence electrons. The summed E-state index contributed by atoms with van der Waals surface area (Å²) in [4.78, 5) is 12.4. The first kappa shape index (κ1) is 15.2. The van der Waals surface area contributed by atoms with Crippen molar-refractivity contribution in [1.82, 2.24) is 5.32 Å². The molecule has 2 atom stereocenters. The Kier molecular flexibility index (Phi) is 4.38. The predicted octanol–water partition coefficient (Wildman–Crippen LogP) is 2.88. The van der Waals surface area contributed by atoms with E-state index in [1.165, 1.54) is 6.07 Å². The predicted molar refractivity (Wildman–Crippen MR) is 80.9 cm³/mol. The Labute approximate surface area is 124 Å². The molecule has 0 saturated carbocycles. The Balaban J connectivity index is 2.16. The van der Waals surface area contributed by atoms with E-state index in [2.05, 4.69) is 5.32 Å². The summed E-state index contributed by atoms with van der Waals surface area (Å²) in [6, 6.07) is 15.0. The lowest BCUT2D eigenvalue weighted by molar-refractivity contribution is -0.126. The van der Waals surface area contributed by atoms with E-state index in [-0.39, 0.29) is 11.7 Å². The fourth-order valence-corrected chi connectivity index (χ4v) is 2.17. The van der Waals surface area contributed by atoms with Crippen molar-refractivity contribution >= 4 is 5.91 Å². The smallest absolute Gasteiger partial charge is 0.244 e. The number of carbonyl (C=O) groups excluding carboxylic acids is 1. The van der Waals surface area contributed by atoms with Crippen molar-refractivity contribution in [3.8, 4) is 0 Å². The van der Waals surface area contributed by atoms with Gasteiger partial charge in [0.2, 0.25) is 5.91 Å². The zero-order valence-electron chi connectivity index (χ0n) is 12.1. The van der Waals surface area contributed by atoms with Gasteiger partial charge in [-0.15, -0.1) is 0 Å². The molecular formula is C17H19FN2O. The summed E-state index contributed by atoms with van der Waals surface area (Å²) in [5.74, 6) is -0.687. The van der Waals surface area contributed by atoms with Crippen LogP contribution in [0.2, 0.25) is 0 Å². The topological polar surface area (TPSA) is 55.1 Å². The lowest BCUT2D eigenvalue weighted by Crippen LogP contribution is -2.49. The van der Waals surface area contributed by atoms with Gasteiger partial charge in [-0.25, -0.2) is 4.39 Å². The Morgan fingerprint density at radius 3 is 2.33 bits per heavy atom. The summed E-state index contributed by atoms with van der Waals surface area (Å²) in [5.41, 5.74) is 6.13. The van der Waals surface area contributed by atoms with Gasteiger partial charge in [0.05, 0.1) is 6.04 Å². The second-order valence-electron chi connectivity index (χ2n) is 5.29. The Hall–Kier alpha value is -2.20. The van der Waals surface area contributed by atoms with Gasteiger partial charge in [-0.3, -0.25) is 4.79 Å². The molecule has 0 spiro atoms. The van der Waals surface area contributed by atoms with Gasteiger partial charge < -0.3 is 11.1 Å². The zero-order valence-corrected chi connectivity index (χ0v) is 12.1. The molecule has 3 nitrogen and oxygen atoms in total. The van der Waals surface area contributed by atoms with Gasteiger partial charge in [0.25, 0.3) is 0 Å².